The number of hydrogen-bond donors (Lipinski definition) is 1. The molecule has 1 N–H and O–H groups in total. The first-order chi connectivity index (χ1) is 7.65. The summed E-state index contributed by atoms with van der Waals surface area (Å²) >= 11 is 0. The Hall–Kier alpha value is -1.06. The Morgan fingerprint density at radius 2 is 2.00 bits per heavy atom. The third kappa shape index (κ3) is 3.83. The normalized spacial score (nSPS) is 12.8. The largest absolute Gasteiger partial charge is 0.492 e. The van der Waals surface area contributed by atoms with Crippen molar-refractivity contribution >= 4 is 0 Å². The van der Waals surface area contributed by atoms with E-state index in [1.165, 1.54) is 0 Å². The van der Waals surface area contributed by atoms with Crippen LogP contribution in [0.1, 0.15) is 25.0 Å². The van der Waals surface area contributed by atoms with Crippen molar-refractivity contribution in [3.63, 3.8) is 0 Å². The Kier molecular flexibility index (Phi) is 5.29. The van der Waals surface area contributed by atoms with Crippen molar-refractivity contribution in [3.8, 4) is 5.75 Å². The number of hydrogen-bond acceptors (Lipinski definition) is 3. The minimum Gasteiger partial charge on any atom is -0.492 e. The molecule has 0 fully saturated rings. The summed E-state index contributed by atoms with van der Waals surface area (Å²) in [4.78, 5) is 2.07. The van der Waals surface area contributed by atoms with Gasteiger partial charge in [-0.05, 0) is 26.6 Å². The Bertz CT molecular complexity index is 313. The third-order valence-electron chi connectivity index (χ3n) is 2.46. The quantitative estimate of drug-likeness (QED) is 0.801. The molecule has 0 radical (unpaired) electrons. The molecule has 0 bridgehead atoms. The number of ether oxygens (including phenoxy) is 1. The van der Waals surface area contributed by atoms with Gasteiger partial charge in [0, 0.05) is 12.1 Å². The van der Waals surface area contributed by atoms with Crippen LogP contribution in [0.15, 0.2) is 24.3 Å². The van der Waals surface area contributed by atoms with Gasteiger partial charge in [-0.25, -0.2) is 0 Å². The van der Waals surface area contributed by atoms with Crippen LogP contribution in [0.4, 0.5) is 0 Å². The number of para-hydroxylation sites is 1. The van der Waals surface area contributed by atoms with Crippen molar-refractivity contribution in [3.05, 3.63) is 29.8 Å². The number of likely N-dealkylation sites (N-methyl/N-ethyl adjacent to an activating group) is 1. The van der Waals surface area contributed by atoms with E-state index in [0.29, 0.717) is 13.0 Å². The van der Waals surface area contributed by atoms with E-state index in [4.69, 9.17) is 4.74 Å². The van der Waals surface area contributed by atoms with Gasteiger partial charge in [0.1, 0.15) is 12.4 Å². The summed E-state index contributed by atoms with van der Waals surface area (Å²) in [5.41, 5.74) is 0.878. The Morgan fingerprint density at radius 3 is 2.62 bits per heavy atom. The average Bonchev–Trinajstić information content (AvgIpc) is 2.28. The zero-order valence-electron chi connectivity index (χ0n) is 10.3. The van der Waals surface area contributed by atoms with Crippen LogP contribution in [0.2, 0.25) is 0 Å². The Labute approximate surface area is 97.7 Å². The van der Waals surface area contributed by atoms with Gasteiger partial charge in [-0.15, -0.1) is 0 Å². The van der Waals surface area contributed by atoms with E-state index in [1.807, 2.05) is 45.3 Å². The van der Waals surface area contributed by atoms with E-state index >= 15 is 0 Å². The van der Waals surface area contributed by atoms with Gasteiger partial charge in [0.05, 0.1) is 6.10 Å². The maximum atomic E-state index is 9.83. The molecule has 3 heteroatoms. The zero-order valence-corrected chi connectivity index (χ0v) is 10.3. The van der Waals surface area contributed by atoms with E-state index in [9.17, 15) is 5.11 Å². The van der Waals surface area contributed by atoms with E-state index < -0.39 is 6.10 Å². The smallest absolute Gasteiger partial charge is 0.125 e. The Morgan fingerprint density at radius 1 is 1.31 bits per heavy atom. The molecular formula is C13H21NO2. The highest BCUT2D eigenvalue weighted by molar-refractivity contribution is 5.34. The van der Waals surface area contributed by atoms with E-state index in [-0.39, 0.29) is 0 Å². The molecule has 3 nitrogen and oxygen atoms in total. The maximum absolute atomic E-state index is 9.83. The van der Waals surface area contributed by atoms with Gasteiger partial charge in [0.15, 0.2) is 0 Å². The molecule has 0 saturated heterocycles. The SMILES string of the molecule is CC[C@@H](O)c1ccccc1OCCN(C)C. The molecule has 16 heavy (non-hydrogen) atoms. The molecule has 1 aromatic rings. The van der Waals surface area contributed by atoms with Gasteiger partial charge in [-0.2, -0.15) is 0 Å². The van der Waals surface area contributed by atoms with Gasteiger partial charge in [-0.1, -0.05) is 25.1 Å². The molecule has 0 aromatic heterocycles. The van der Waals surface area contributed by atoms with Gasteiger partial charge < -0.3 is 14.7 Å². The van der Waals surface area contributed by atoms with E-state index in [2.05, 4.69) is 4.90 Å². The van der Waals surface area contributed by atoms with E-state index in [1.54, 1.807) is 0 Å². The topological polar surface area (TPSA) is 32.7 Å². The first kappa shape index (κ1) is 13.0. The van der Waals surface area contributed by atoms with Crippen molar-refractivity contribution in [2.45, 2.75) is 19.4 Å². The minimum absolute atomic E-state index is 0.435. The van der Waals surface area contributed by atoms with Crippen LogP contribution in [0.3, 0.4) is 0 Å². The van der Waals surface area contributed by atoms with Crippen molar-refractivity contribution in [1.29, 1.82) is 0 Å². The van der Waals surface area contributed by atoms with Crippen LogP contribution in [-0.4, -0.2) is 37.3 Å². The summed E-state index contributed by atoms with van der Waals surface area (Å²) in [6, 6.07) is 7.67. The molecule has 0 saturated carbocycles. The number of aliphatic hydroxyl groups is 1. The lowest BCUT2D eigenvalue weighted by molar-refractivity contribution is 0.165. The summed E-state index contributed by atoms with van der Waals surface area (Å²) < 4.78 is 5.67. The van der Waals surface area contributed by atoms with Gasteiger partial charge in [0.2, 0.25) is 0 Å². The van der Waals surface area contributed by atoms with Crippen LogP contribution in [0.25, 0.3) is 0 Å². The van der Waals surface area contributed by atoms with Crippen LogP contribution in [0, 0.1) is 0 Å². The first-order valence-corrected chi connectivity index (χ1v) is 5.69. The van der Waals surface area contributed by atoms with Crippen molar-refractivity contribution < 1.29 is 9.84 Å². The molecule has 0 aliphatic carbocycles. The van der Waals surface area contributed by atoms with Gasteiger partial charge >= 0.3 is 0 Å². The third-order valence-corrected chi connectivity index (χ3v) is 2.46. The Balaban J connectivity index is 2.64. The minimum atomic E-state index is -0.435. The molecule has 0 heterocycles. The van der Waals surface area contributed by atoms with Crippen LogP contribution in [0.5, 0.6) is 5.75 Å². The summed E-state index contributed by atoms with van der Waals surface area (Å²) in [5.74, 6) is 0.790. The van der Waals surface area contributed by atoms with Crippen molar-refractivity contribution in [1.82, 2.24) is 4.90 Å². The molecule has 0 amide bonds. The predicted molar refractivity (Wildman–Crippen MR) is 65.7 cm³/mol. The molecule has 0 spiro atoms. The lowest BCUT2D eigenvalue weighted by Gasteiger charge is -2.16. The maximum Gasteiger partial charge on any atom is 0.125 e. The molecule has 1 rings (SSSR count). The first-order valence-electron chi connectivity index (χ1n) is 5.69. The monoisotopic (exact) mass is 223 g/mol. The van der Waals surface area contributed by atoms with Crippen LogP contribution < -0.4 is 4.74 Å². The molecule has 0 aliphatic rings. The summed E-state index contributed by atoms with van der Waals surface area (Å²) in [7, 11) is 4.02. The average molecular weight is 223 g/mol. The molecular weight excluding hydrogens is 202 g/mol. The van der Waals surface area contributed by atoms with E-state index in [0.717, 1.165) is 17.9 Å². The van der Waals surface area contributed by atoms with Gasteiger partial charge in [0.25, 0.3) is 0 Å². The second-order valence-corrected chi connectivity index (χ2v) is 4.11. The second-order valence-electron chi connectivity index (χ2n) is 4.11. The number of nitrogens with zero attached hydrogens (tertiary/aromatic N) is 1. The standard InChI is InChI=1S/C13H21NO2/c1-4-12(15)11-7-5-6-8-13(11)16-10-9-14(2)3/h5-8,12,15H,4,9-10H2,1-3H3/t12-/m1/s1. The second kappa shape index (κ2) is 6.51. The summed E-state index contributed by atoms with van der Waals surface area (Å²) in [6.07, 6.45) is 0.268. The molecule has 90 valence electrons. The molecule has 0 unspecified atom stereocenters. The molecule has 1 atom stereocenters. The molecule has 1 aromatic carbocycles. The highest BCUT2D eigenvalue weighted by atomic mass is 16.5. The van der Waals surface area contributed by atoms with Crippen molar-refractivity contribution in [2.24, 2.45) is 0 Å². The van der Waals surface area contributed by atoms with Crippen LogP contribution in [-0.2, 0) is 0 Å². The number of benzene rings is 1. The highest BCUT2D eigenvalue weighted by Gasteiger charge is 2.10. The van der Waals surface area contributed by atoms with Crippen molar-refractivity contribution in [2.75, 3.05) is 27.2 Å². The summed E-state index contributed by atoms with van der Waals surface area (Å²) in [6.45, 7) is 3.47. The summed E-state index contributed by atoms with van der Waals surface area (Å²) in [5, 5.41) is 9.83. The molecule has 0 aliphatic heterocycles. The lowest BCUT2D eigenvalue weighted by atomic mass is 10.1. The fourth-order valence-electron chi connectivity index (χ4n) is 1.45. The fourth-order valence-corrected chi connectivity index (χ4v) is 1.45. The number of aliphatic hydroxyl groups excluding tert-OH is 1. The predicted octanol–water partition coefficient (Wildman–Crippen LogP) is 2.07. The lowest BCUT2D eigenvalue weighted by Crippen LogP contribution is -2.19. The zero-order chi connectivity index (χ0) is 12.0. The van der Waals surface area contributed by atoms with Crippen LogP contribution >= 0.6 is 0 Å². The highest BCUT2D eigenvalue weighted by Crippen LogP contribution is 2.26. The van der Waals surface area contributed by atoms with Gasteiger partial charge in [-0.3, -0.25) is 0 Å². The number of rotatable bonds is 6. The fraction of sp³-hybridized carbons (Fsp3) is 0.538.